The molecule has 1 heterocycles. The van der Waals surface area contributed by atoms with E-state index in [4.69, 9.17) is 4.74 Å². The molecule has 4 heteroatoms. The third kappa shape index (κ3) is 4.68. The second-order valence-electron chi connectivity index (χ2n) is 7.08. The summed E-state index contributed by atoms with van der Waals surface area (Å²) in [5, 5.41) is 20.8. The molecule has 1 aliphatic carbocycles. The zero-order chi connectivity index (χ0) is 17.9. The van der Waals surface area contributed by atoms with E-state index in [0.29, 0.717) is 18.4 Å². The Kier molecular flexibility index (Phi) is 6.19. The van der Waals surface area contributed by atoms with Crippen LogP contribution in [0.5, 0.6) is 0 Å². The van der Waals surface area contributed by atoms with E-state index >= 15 is 0 Å². The van der Waals surface area contributed by atoms with Gasteiger partial charge >= 0.3 is 5.97 Å². The van der Waals surface area contributed by atoms with Crippen molar-refractivity contribution >= 4 is 5.97 Å². The number of esters is 1. The Morgan fingerprint density at radius 2 is 1.79 bits per heavy atom. The average Bonchev–Trinajstić information content (AvgIpc) is 2.71. The molecule has 1 saturated heterocycles. The molecular formula is C20H28O4. The zero-order valence-electron chi connectivity index (χ0n) is 14.8. The summed E-state index contributed by atoms with van der Waals surface area (Å²) < 4.78 is 5.38. The minimum absolute atomic E-state index is 0.327. The van der Waals surface area contributed by atoms with Crippen molar-refractivity contribution in [2.24, 2.45) is 5.92 Å². The molecule has 1 aliphatic heterocycles. The minimum atomic E-state index is -0.709. The number of aliphatic hydroxyl groups is 2. The molecule has 0 amide bonds. The van der Waals surface area contributed by atoms with Crippen LogP contribution in [0.15, 0.2) is 47.1 Å². The Bertz CT molecular complexity index is 597. The number of hydrogen-bond acceptors (Lipinski definition) is 4. The van der Waals surface area contributed by atoms with E-state index in [1.165, 1.54) is 0 Å². The molecule has 2 aliphatic rings. The molecule has 132 valence electrons. The lowest BCUT2D eigenvalue weighted by atomic mass is 9.86. The van der Waals surface area contributed by atoms with Crippen LogP contribution < -0.4 is 0 Å². The second kappa shape index (κ2) is 7.95. The maximum absolute atomic E-state index is 11.9. The van der Waals surface area contributed by atoms with E-state index in [-0.39, 0.29) is 0 Å². The van der Waals surface area contributed by atoms with Crippen LogP contribution in [0, 0.1) is 5.92 Å². The number of ether oxygens (including phenoxy) is 1. The van der Waals surface area contributed by atoms with Gasteiger partial charge in [-0.05, 0) is 52.5 Å². The van der Waals surface area contributed by atoms with Gasteiger partial charge in [-0.15, -0.1) is 0 Å². The maximum atomic E-state index is 11.9. The molecule has 2 N–H and O–H groups in total. The topological polar surface area (TPSA) is 66.8 Å². The highest BCUT2D eigenvalue weighted by molar-refractivity contribution is 5.91. The number of hydrogen-bond donors (Lipinski definition) is 2. The van der Waals surface area contributed by atoms with Crippen molar-refractivity contribution in [1.82, 2.24) is 0 Å². The summed E-state index contributed by atoms with van der Waals surface area (Å²) in [6, 6.07) is 0. The summed E-state index contributed by atoms with van der Waals surface area (Å²) >= 11 is 0. The van der Waals surface area contributed by atoms with Gasteiger partial charge < -0.3 is 14.9 Å². The average molecular weight is 332 g/mol. The van der Waals surface area contributed by atoms with E-state index in [0.717, 1.165) is 29.6 Å². The summed E-state index contributed by atoms with van der Waals surface area (Å²) in [6.45, 7) is 9.71. The molecule has 0 saturated carbocycles. The molecule has 0 bridgehead atoms. The monoisotopic (exact) mass is 332 g/mol. The first-order valence-corrected chi connectivity index (χ1v) is 8.54. The molecule has 0 radical (unpaired) electrons. The molecule has 0 spiro atoms. The van der Waals surface area contributed by atoms with Crippen LogP contribution >= 0.6 is 0 Å². The number of carbonyl (C=O) groups is 1. The Balaban J connectivity index is 2.33. The quantitative estimate of drug-likeness (QED) is 0.406. The molecule has 0 unspecified atom stereocenters. The first kappa shape index (κ1) is 18.7. The summed E-state index contributed by atoms with van der Waals surface area (Å²) in [6.07, 6.45) is 6.77. The molecule has 4 atom stereocenters. The van der Waals surface area contributed by atoms with Crippen molar-refractivity contribution in [2.45, 2.75) is 64.8 Å². The van der Waals surface area contributed by atoms with Crippen molar-refractivity contribution in [2.75, 3.05) is 0 Å². The molecular weight excluding hydrogens is 304 g/mol. The summed E-state index contributed by atoms with van der Waals surface area (Å²) in [4.78, 5) is 11.9. The van der Waals surface area contributed by atoms with E-state index in [9.17, 15) is 15.0 Å². The van der Waals surface area contributed by atoms with E-state index in [1.54, 1.807) is 0 Å². The normalized spacial score (nSPS) is 39.5. The van der Waals surface area contributed by atoms with Crippen molar-refractivity contribution in [1.29, 1.82) is 0 Å². The molecule has 0 aromatic rings. The van der Waals surface area contributed by atoms with Gasteiger partial charge in [-0.25, -0.2) is 4.79 Å². The van der Waals surface area contributed by atoms with E-state index in [2.05, 4.69) is 12.7 Å². The number of allylic oxidation sites excluding steroid dienone is 2. The first-order chi connectivity index (χ1) is 11.3. The SMILES string of the molecule is C=C1C(=O)O[C@H]2/C=C(\C)C[C@H](O)/C=C(\C)CC/C=C(\C)C[C@H](O)[C@H]12. The lowest BCUT2D eigenvalue weighted by Gasteiger charge is -2.22. The summed E-state index contributed by atoms with van der Waals surface area (Å²) in [7, 11) is 0. The van der Waals surface area contributed by atoms with Gasteiger partial charge in [0.05, 0.1) is 18.1 Å². The van der Waals surface area contributed by atoms with Crippen molar-refractivity contribution in [3.63, 3.8) is 0 Å². The highest BCUT2D eigenvalue weighted by atomic mass is 16.6. The number of aliphatic hydroxyl groups excluding tert-OH is 2. The summed E-state index contributed by atoms with van der Waals surface area (Å²) in [5.41, 5.74) is 3.49. The van der Waals surface area contributed by atoms with Gasteiger partial charge in [0.15, 0.2) is 0 Å². The second-order valence-corrected chi connectivity index (χ2v) is 7.08. The molecule has 1 fully saturated rings. The van der Waals surface area contributed by atoms with Crippen LogP contribution in [0.1, 0.15) is 46.5 Å². The van der Waals surface area contributed by atoms with Gasteiger partial charge in [0, 0.05) is 5.57 Å². The van der Waals surface area contributed by atoms with Crippen LogP contribution in [0.4, 0.5) is 0 Å². The Labute approximate surface area is 144 Å². The van der Waals surface area contributed by atoms with Gasteiger partial charge in [0.25, 0.3) is 0 Å². The molecule has 2 rings (SSSR count). The molecule has 4 nitrogen and oxygen atoms in total. The highest BCUT2D eigenvalue weighted by Gasteiger charge is 2.41. The fraction of sp³-hybridized carbons (Fsp3) is 0.550. The fourth-order valence-corrected chi connectivity index (χ4v) is 3.43. The van der Waals surface area contributed by atoms with E-state index in [1.807, 2.05) is 32.9 Å². The van der Waals surface area contributed by atoms with Crippen LogP contribution in [-0.4, -0.2) is 34.5 Å². The third-order valence-electron chi connectivity index (χ3n) is 4.70. The first-order valence-electron chi connectivity index (χ1n) is 8.54. The lowest BCUT2D eigenvalue weighted by molar-refractivity contribution is -0.137. The van der Waals surface area contributed by atoms with Crippen LogP contribution in [-0.2, 0) is 9.53 Å². The molecule has 0 aromatic heterocycles. The standard InChI is InChI=1S/C20H28O4/c1-12-6-5-7-13(2)10-17(22)19-15(4)20(23)24-18(19)11-14(3)9-16(21)8-12/h7-8,11,16-19,21-22H,4-6,9-10H2,1-3H3/b12-8+,13-7+,14-11+/t16-,17+,18+,19+/m1/s1. The van der Waals surface area contributed by atoms with Crippen molar-refractivity contribution in [3.05, 3.63) is 47.1 Å². The summed E-state index contributed by atoms with van der Waals surface area (Å²) in [5.74, 6) is -0.886. The van der Waals surface area contributed by atoms with E-state index < -0.39 is 30.2 Å². The zero-order valence-corrected chi connectivity index (χ0v) is 14.8. The molecule has 0 aromatic carbocycles. The number of carbonyl (C=O) groups excluding carboxylic acids is 1. The number of rotatable bonds is 0. The predicted molar refractivity (Wildman–Crippen MR) is 94.3 cm³/mol. The molecule has 24 heavy (non-hydrogen) atoms. The van der Waals surface area contributed by atoms with Crippen LogP contribution in [0.3, 0.4) is 0 Å². The Hall–Kier alpha value is -1.65. The smallest absolute Gasteiger partial charge is 0.334 e. The van der Waals surface area contributed by atoms with Crippen LogP contribution in [0.25, 0.3) is 0 Å². The van der Waals surface area contributed by atoms with Crippen molar-refractivity contribution in [3.8, 4) is 0 Å². The van der Waals surface area contributed by atoms with Gasteiger partial charge in [-0.3, -0.25) is 0 Å². The van der Waals surface area contributed by atoms with Gasteiger partial charge in [-0.2, -0.15) is 0 Å². The Morgan fingerprint density at radius 3 is 2.50 bits per heavy atom. The van der Waals surface area contributed by atoms with Gasteiger partial charge in [0.1, 0.15) is 6.10 Å². The lowest BCUT2D eigenvalue weighted by Crippen LogP contribution is -2.28. The largest absolute Gasteiger partial charge is 0.454 e. The fourth-order valence-electron chi connectivity index (χ4n) is 3.43. The third-order valence-corrected chi connectivity index (χ3v) is 4.70. The predicted octanol–water partition coefficient (Wildman–Crippen LogP) is 3.22. The number of fused-ring (bicyclic) bond motifs is 1. The van der Waals surface area contributed by atoms with Crippen molar-refractivity contribution < 1.29 is 19.7 Å². The van der Waals surface area contributed by atoms with Gasteiger partial charge in [-0.1, -0.05) is 35.5 Å². The highest BCUT2D eigenvalue weighted by Crippen LogP contribution is 2.34. The minimum Gasteiger partial charge on any atom is -0.454 e. The van der Waals surface area contributed by atoms with Crippen LogP contribution in [0.2, 0.25) is 0 Å². The maximum Gasteiger partial charge on any atom is 0.334 e. The van der Waals surface area contributed by atoms with Gasteiger partial charge in [0.2, 0.25) is 0 Å². The Morgan fingerprint density at radius 1 is 1.08 bits per heavy atom.